The van der Waals surface area contributed by atoms with E-state index in [0.717, 1.165) is 31.7 Å². The number of anilines is 1. The first kappa shape index (κ1) is 13.4. The fourth-order valence-electron chi connectivity index (χ4n) is 3.25. The predicted molar refractivity (Wildman–Crippen MR) is 78.9 cm³/mol. The third kappa shape index (κ3) is 2.38. The maximum atomic E-state index is 11.5. The van der Waals surface area contributed by atoms with E-state index >= 15 is 0 Å². The molecular formula is C15H22N4O. The summed E-state index contributed by atoms with van der Waals surface area (Å²) < 4.78 is 0. The molecule has 108 valence electrons. The van der Waals surface area contributed by atoms with Gasteiger partial charge in [0.1, 0.15) is 5.69 Å². The summed E-state index contributed by atoms with van der Waals surface area (Å²) in [6, 6.07) is 2.08. The molecule has 0 aliphatic carbocycles. The Bertz CT molecular complexity index is 523. The van der Waals surface area contributed by atoms with Crippen LogP contribution >= 0.6 is 0 Å². The van der Waals surface area contributed by atoms with Gasteiger partial charge in [0.2, 0.25) is 0 Å². The standard InChI is InChI=1S/C15H22N4O/c1-10-14-11(5-6-17-10)13(9-12(18-14)15(16)20)19-7-3-2-4-8-19/h9-10,17H,2-8H2,1H3,(H2,16,20)/t10-/m1/s1. The normalized spacial score (nSPS) is 22.4. The molecule has 0 radical (unpaired) electrons. The van der Waals surface area contributed by atoms with Gasteiger partial charge >= 0.3 is 0 Å². The highest BCUT2D eigenvalue weighted by molar-refractivity contribution is 5.92. The van der Waals surface area contributed by atoms with Gasteiger partial charge in [-0.2, -0.15) is 0 Å². The third-order valence-electron chi connectivity index (χ3n) is 4.32. The zero-order chi connectivity index (χ0) is 14.1. The van der Waals surface area contributed by atoms with E-state index in [1.807, 2.05) is 6.07 Å². The number of nitrogens with two attached hydrogens (primary N) is 1. The minimum absolute atomic E-state index is 0.182. The lowest BCUT2D eigenvalue weighted by Crippen LogP contribution is -2.35. The Kier molecular flexibility index (Phi) is 3.61. The van der Waals surface area contributed by atoms with E-state index in [0.29, 0.717) is 5.69 Å². The first-order valence-corrected chi connectivity index (χ1v) is 7.49. The average Bonchev–Trinajstić information content (AvgIpc) is 2.47. The molecule has 3 rings (SSSR count). The largest absolute Gasteiger partial charge is 0.371 e. The van der Waals surface area contributed by atoms with Crippen molar-refractivity contribution < 1.29 is 4.79 Å². The smallest absolute Gasteiger partial charge is 0.267 e. The second-order valence-electron chi connectivity index (χ2n) is 5.73. The van der Waals surface area contributed by atoms with Gasteiger partial charge in [0, 0.05) is 24.8 Å². The van der Waals surface area contributed by atoms with Crippen LogP contribution in [0.15, 0.2) is 6.07 Å². The second kappa shape index (κ2) is 5.40. The molecule has 2 aliphatic rings. The minimum atomic E-state index is -0.441. The topological polar surface area (TPSA) is 71.2 Å². The van der Waals surface area contributed by atoms with Gasteiger partial charge in [0.15, 0.2) is 0 Å². The number of hydrogen-bond donors (Lipinski definition) is 2. The Morgan fingerprint density at radius 2 is 2.15 bits per heavy atom. The van der Waals surface area contributed by atoms with Gasteiger partial charge < -0.3 is 16.0 Å². The summed E-state index contributed by atoms with van der Waals surface area (Å²) in [5, 5.41) is 3.40. The van der Waals surface area contributed by atoms with Crippen molar-refractivity contribution in [2.75, 3.05) is 24.5 Å². The summed E-state index contributed by atoms with van der Waals surface area (Å²) in [7, 11) is 0. The number of carbonyl (C=O) groups is 1. The van der Waals surface area contributed by atoms with Crippen LogP contribution in [0.5, 0.6) is 0 Å². The number of carbonyl (C=O) groups excluding carboxylic acids is 1. The Hall–Kier alpha value is -1.62. The van der Waals surface area contributed by atoms with E-state index in [1.165, 1.54) is 30.5 Å². The predicted octanol–water partition coefficient (Wildman–Crippen LogP) is 1.38. The molecule has 0 saturated carbocycles. The van der Waals surface area contributed by atoms with Crippen LogP contribution < -0.4 is 16.0 Å². The minimum Gasteiger partial charge on any atom is -0.371 e. The van der Waals surface area contributed by atoms with Crippen molar-refractivity contribution in [2.45, 2.75) is 38.6 Å². The molecule has 2 aliphatic heterocycles. The van der Waals surface area contributed by atoms with Crippen LogP contribution in [0, 0.1) is 0 Å². The van der Waals surface area contributed by atoms with Crippen LogP contribution in [-0.4, -0.2) is 30.5 Å². The van der Waals surface area contributed by atoms with Crippen LogP contribution in [-0.2, 0) is 6.42 Å². The highest BCUT2D eigenvalue weighted by atomic mass is 16.1. The number of aromatic nitrogens is 1. The maximum absolute atomic E-state index is 11.5. The zero-order valence-corrected chi connectivity index (χ0v) is 12.0. The van der Waals surface area contributed by atoms with Crippen molar-refractivity contribution in [3.63, 3.8) is 0 Å². The van der Waals surface area contributed by atoms with Crippen molar-refractivity contribution >= 4 is 11.6 Å². The Morgan fingerprint density at radius 3 is 2.85 bits per heavy atom. The highest BCUT2D eigenvalue weighted by Gasteiger charge is 2.25. The van der Waals surface area contributed by atoms with E-state index in [1.54, 1.807) is 0 Å². The van der Waals surface area contributed by atoms with Gasteiger partial charge in [-0.05, 0) is 50.8 Å². The molecule has 1 atom stereocenters. The summed E-state index contributed by atoms with van der Waals surface area (Å²) in [5.74, 6) is -0.441. The molecule has 0 bridgehead atoms. The van der Waals surface area contributed by atoms with Crippen molar-refractivity contribution in [2.24, 2.45) is 5.73 Å². The lowest BCUT2D eigenvalue weighted by atomic mass is 9.96. The van der Waals surface area contributed by atoms with Crippen LogP contribution in [0.4, 0.5) is 5.69 Å². The molecule has 0 spiro atoms. The molecule has 5 nitrogen and oxygen atoms in total. The van der Waals surface area contributed by atoms with Crippen LogP contribution in [0.3, 0.4) is 0 Å². The first-order valence-electron chi connectivity index (χ1n) is 7.49. The second-order valence-corrected chi connectivity index (χ2v) is 5.73. The molecular weight excluding hydrogens is 252 g/mol. The number of rotatable bonds is 2. The molecule has 5 heteroatoms. The monoisotopic (exact) mass is 274 g/mol. The first-order chi connectivity index (χ1) is 9.66. The van der Waals surface area contributed by atoms with Crippen molar-refractivity contribution in [1.82, 2.24) is 10.3 Å². The van der Waals surface area contributed by atoms with E-state index in [9.17, 15) is 4.79 Å². The van der Waals surface area contributed by atoms with Gasteiger partial charge in [0.25, 0.3) is 5.91 Å². The third-order valence-corrected chi connectivity index (χ3v) is 4.32. The molecule has 1 aromatic rings. The fourth-order valence-corrected chi connectivity index (χ4v) is 3.25. The van der Waals surface area contributed by atoms with Crippen LogP contribution in [0.25, 0.3) is 0 Å². The van der Waals surface area contributed by atoms with Crippen LogP contribution in [0.2, 0.25) is 0 Å². The summed E-state index contributed by atoms with van der Waals surface area (Å²) in [5.41, 5.74) is 9.31. The summed E-state index contributed by atoms with van der Waals surface area (Å²) in [6.45, 7) is 5.19. The molecule has 0 unspecified atom stereocenters. The molecule has 20 heavy (non-hydrogen) atoms. The fraction of sp³-hybridized carbons (Fsp3) is 0.600. The van der Waals surface area contributed by atoms with Crippen molar-refractivity contribution in [3.05, 3.63) is 23.0 Å². The van der Waals surface area contributed by atoms with E-state index in [4.69, 9.17) is 5.73 Å². The molecule has 1 saturated heterocycles. The van der Waals surface area contributed by atoms with Crippen molar-refractivity contribution in [3.8, 4) is 0 Å². The molecule has 0 aromatic carbocycles. The van der Waals surface area contributed by atoms with Gasteiger partial charge in [-0.25, -0.2) is 4.98 Å². The van der Waals surface area contributed by atoms with Crippen molar-refractivity contribution in [1.29, 1.82) is 0 Å². The van der Waals surface area contributed by atoms with Gasteiger partial charge in [-0.3, -0.25) is 4.79 Å². The SMILES string of the molecule is C[C@H]1NCCc2c(N3CCCCC3)cc(C(N)=O)nc21. The number of amides is 1. The number of fused-ring (bicyclic) bond motifs is 1. The molecule has 3 N–H and O–H groups in total. The highest BCUT2D eigenvalue weighted by Crippen LogP contribution is 2.32. The van der Waals surface area contributed by atoms with Gasteiger partial charge in [0.05, 0.1) is 5.69 Å². The molecule has 1 aromatic heterocycles. The molecule has 3 heterocycles. The maximum Gasteiger partial charge on any atom is 0.267 e. The van der Waals surface area contributed by atoms with Gasteiger partial charge in [-0.15, -0.1) is 0 Å². The lowest BCUT2D eigenvalue weighted by molar-refractivity contribution is 0.0995. The average molecular weight is 274 g/mol. The number of hydrogen-bond acceptors (Lipinski definition) is 4. The Morgan fingerprint density at radius 1 is 1.40 bits per heavy atom. The number of nitrogens with one attached hydrogen (secondary N) is 1. The summed E-state index contributed by atoms with van der Waals surface area (Å²) in [4.78, 5) is 18.4. The summed E-state index contributed by atoms with van der Waals surface area (Å²) in [6.07, 6.45) is 4.70. The number of piperidine rings is 1. The lowest BCUT2D eigenvalue weighted by Gasteiger charge is -2.34. The zero-order valence-electron chi connectivity index (χ0n) is 12.0. The number of primary amides is 1. The Balaban J connectivity index is 2.08. The van der Waals surface area contributed by atoms with Crippen LogP contribution in [0.1, 0.15) is 54.0 Å². The number of pyridine rings is 1. The van der Waals surface area contributed by atoms with E-state index in [2.05, 4.69) is 22.1 Å². The number of nitrogens with zero attached hydrogens (tertiary/aromatic N) is 2. The van der Waals surface area contributed by atoms with Gasteiger partial charge in [-0.1, -0.05) is 0 Å². The van der Waals surface area contributed by atoms with E-state index in [-0.39, 0.29) is 6.04 Å². The molecule has 1 fully saturated rings. The molecule has 1 amide bonds. The van der Waals surface area contributed by atoms with E-state index < -0.39 is 5.91 Å². The Labute approximate surface area is 119 Å². The quantitative estimate of drug-likeness (QED) is 0.854. The summed E-state index contributed by atoms with van der Waals surface area (Å²) >= 11 is 0.